The van der Waals surface area contributed by atoms with Crippen LogP contribution in [0.5, 0.6) is 0 Å². The third-order valence-electron chi connectivity index (χ3n) is 1.93. The Morgan fingerprint density at radius 3 is 2.50 bits per heavy atom. The van der Waals surface area contributed by atoms with Crippen molar-refractivity contribution < 1.29 is 23.1 Å². The number of hydrogen-bond acceptors (Lipinski definition) is 4. The molecule has 0 rings (SSSR count). The predicted molar refractivity (Wildman–Crippen MR) is 59.7 cm³/mol. The van der Waals surface area contributed by atoms with Crippen molar-refractivity contribution in [2.24, 2.45) is 5.92 Å². The highest BCUT2D eigenvalue weighted by Gasteiger charge is 2.22. The molecule has 0 fully saturated rings. The maximum absolute atomic E-state index is 11.6. The Morgan fingerprint density at radius 2 is 2.06 bits per heavy atom. The third-order valence-corrected chi connectivity index (χ3v) is 4.00. The summed E-state index contributed by atoms with van der Waals surface area (Å²) < 4.78 is 29.2. The summed E-state index contributed by atoms with van der Waals surface area (Å²) in [6.07, 6.45) is 0. The van der Waals surface area contributed by atoms with Crippen LogP contribution >= 0.6 is 0 Å². The standard InChI is InChI=1S/C9H19NO5S/c1-4-15-6-8(2)7-16(13,14)10(3)5-9(11)12/h8H,4-7H2,1-3H3,(H,11,12). The van der Waals surface area contributed by atoms with Crippen LogP contribution in [-0.4, -0.2) is 56.4 Å². The topological polar surface area (TPSA) is 83.9 Å². The van der Waals surface area contributed by atoms with Gasteiger partial charge in [0.05, 0.1) is 12.4 Å². The fraction of sp³-hybridized carbons (Fsp3) is 0.889. The second-order valence-electron chi connectivity index (χ2n) is 3.69. The Balaban J connectivity index is 4.27. The quantitative estimate of drug-likeness (QED) is 0.658. The van der Waals surface area contributed by atoms with Gasteiger partial charge in [-0.15, -0.1) is 0 Å². The van der Waals surface area contributed by atoms with Crippen LogP contribution in [0.3, 0.4) is 0 Å². The van der Waals surface area contributed by atoms with Gasteiger partial charge < -0.3 is 9.84 Å². The minimum atomic E-state index is -3.51. The van der Waals surface area contributed by atoms with E-state index in [9.17, 15) is 13.2 Å². The van der Waals surface area contributed by atoms with E-state index in [1.807, 2.05) is 6.92 Å². The van der Waals surface area contributed by atoms with E-state index >= 15 is 0 Å². The van der Waals surface area contributed by atoms with Gasteiger partial charge in [0, 0.05) is 13.7 Å². The zero-order chi connectivity index (χ0) is 12.8. The molecule has 16 heavy (non-hydrogen) atoms. The van der Waals surface area contributed by atoms with Crippen LogP contribution in [0.15, 0.2) is 0 Å². The number of rotatable bonds is 8. The summed E-state index contributed by atoms with van der Waals surface area (Å²) in [7, 11) is -2.25. The molecule has 1 unspecified atom stereocenters. The lowest BCUT2D eigenvalue weighted by Crippen LogP contribution is -2.36. The molecule has 0 saturated heterocycles. The molecule has 7 heteroatoms. The molecule has 6 nitrogen and oxygen atoms in total. The normalized spacial score (nSPS) is 14.0. The van der Waals surface area contributed by atoms with Crippen molar-refractivity contribution in [3.8, 4) is 0 Å². The predicted octanol–water partition coefficient (Wildman–Crippen LogP) is 0.00520. The number of carboxylic acid groups (broad SMARTS) is 1. The molecule has 0 bridgehead atoms. The van der Waals surface area contributed by atoms with Gasteiger partial charge in [0.15, 0.2) is 0 Å². The minimum Gasteiger partial charge on any atom is -0.480 e. The zero-order valence-electron chi connectivity index (χ0n) is 9.84. The highest BCUT2D eigenvalue weighted by atomic mass is 32.2. The Labute approximate surface area is 96.2 Å². The molecule has 1 atom stereocenters. The first-order chi connectivity index (χ1) is 7.29. The van der Waals surface area contributed by atoms with E-state index in [2.05, 4.69) is 0 Å². The average Bonchev–Trinajstić information content (AvgIpc) is 2.12. The number of hydrogen-bond donors (Lipinski definition) is 1. The molecule has 1 N–H and O–H groups in total. The number of sulfonamides is 1. The first kappa shape index (κ1) is 15.3. The van der Waals surface area contributed by atoms with Gasteiger partial charge in [-0.1, -0.05) is 6.92 Å². The summed E-state index contributed by atoms with van der Waals surface area (Å²) in [5.41, 5.74) is 0. The minimum absolute atomic E-state index is 0.100. The van der Waals surface area contributed by atoms with Gasteiger partial charge in [0.2, 0.25) is 10.0 Å². The van der Waals surface area contributed by atoms with Crippen LogP contribution in [0.2, 0.25) is 0 Å². The Bertz CT molecular complexity index is 314. The van der Waals surface area contributed by atoms with Gasteiger partial charge in [0.1, 0.15) is 6.54 Å². The van der Waals surface area contributed by atoms with Gasteiger partial charge in [-0.05, 0) is 12.8 Å². The molecule has 0 radical (unpaired) electrons. The van der Waals surface area contributed by atoms with Crippen molar-refractivity contribution in [2.75, 3.05) is 32.6 Å². The number of nitrogens with zero attached hydrogens (tertiary/aromatic N) is 1. The van der Waals surface area contributed by atoms with E-state index in [1.165, 1.54) is 7.05 Å². The van der Waals surface area contributed by atoms with Crippen molar-refractivity contribution in [1.82, 2.24) is 4.31 Å². The average molecular weight is 253 g/mol. The maximum atomic E-state index is 11.6. The highest BCUT2D eigenvalue weighted by molar-refractivity contribution is 7.89. The van der Waals surface area contributed by atoms with E-state index in [4.69, 9.17) is 9.84 Å². The molecule has 0 aromatic carbocycles. The lowest BCUT2D eigenvalue weighted by atomic mass is 10.2. The summed E-state index contributed by atoms with van der Waals surface area (Å²) in [6, 6.07) is 0. The van der Waals surface area contributed by atoms with Gasteiger partial charge in [0.25, 0.3) is 0 Å². The highest BCUT2D eigenvalue weighted by Crippen LogP contribution is 2.06. The summed E-state index contributed by atoms with van der Waals surface area (Å²) in [5, 5.41) is 8.49. The van der Waals surface area contributed by atoms with E-state index in [0.29, 0.717) is 13.2 Å². The molecule has 0 aliphatic heterocycles. The Kier molecular flexibility index (Phi) is 6.54. The van der Waals surface area contributed by atoms with Gasteiger partial charge >= 0.3 is 5.97 Å². The first-order valence-corrected chi connectivity index (χ1v) is 6.64. The lowest BCUT2D eigenvalue weighted by molar-refractivity contribution is -0.137. The fourth-order valence-corrected chi connectivity index (χ4v) is 2.52. The molecule has 0 aliphatic rings. The molecular weight excluding hydrogens is 234 g/mol. The summed E-state index contributed by atoms with van der Waals surface area (Å²) in [4.78, 5) is 10.4. The van der Waals surface area contributed by atoms with Gasteiger partial charge in [-0.3, -0.25) is 4.79 Å². The molecule has 0 amide bonds. The van der Waals surface area contributed by atoms with Crippen LogP contribution in [0, 0.1) is 5.92 Å². The lowest BCUT2D eigenvalue weighted by Gasteiger charge is -2.18. The van der Waals surface area contributed by atoms with E-state index in [1.54, 1.807) is 6.92 Å². The Morgan fingerprint density at radius 1 is 1.50 bits per heavy atom. The molecule has 0 aromatic heterocycles. The number of likely N-dealkylation sites (N-methyl/N-ethyl adjacent to an activating group) is 1. The van der Waals surface area contributed by atoms with Crippen LogP contribution in [0.1, 0.15) is 13.8 Å². The van der Waals surface area contributed by atoms with Crippen molar-refractivity contribution in [3.05, 3.63) is 0 Å². The van der Waals surface area contributed by atoms with E-state index < -0.39 is 22.5 Å². The SMILES string of the molecule is CCOCC(C)CS(=O)(=O)N(C)CC(=O)O. The number of carboxylic acids is 1. The smallest absolute Gasteiger partial charge is 0.318 e. The van der Waals surface area contributed by atoms with Crippen LogP contribution in [0.4, 0.5) is 0 Å². The number of carbonyl (C=O) groups is 1. The van der Waals surface area contributed by atoms with Crippen LogP contribution < -0.4 is 0 Å². The second kappa shape index (κ2) is 6.82. The first-order valence-electron chi connectivity index (χ1n) is 5.03. The molecule has 0 aromatic rings. The fourth-order valence-electron chi connectivity index (χ4n) is 1.14. The van der Waals surface area contributed by atoms with Gasteiger partial charge in [-0.2, -0.15) is 4.31 Å². The van der Waals surface area contributed by atoms with E-state index in [0.717, 1.165) is 4.31 Å². The molecular formula is C9H19NO5S. The number of aliphatic carboxylic acids is 1. The van der Waals surface area contributed by atoms with E-state index in [-0.39, 0.29) is 11.7 Å². The monoisotopic (exact) mass is 253 g/mol. The summed E-state index contributed by atoms with van der Waals surface area (Å²) >= 11 is 0. The Hall–Kier alpha value is -0.660. The maximum Gasteiger partial charge on any atom is 0.318 e. The molecule has 0 aliphatic carbocycles. The van der Waals surface area contributed by atoms with Crippen molar-refractivity contribution in [2.45, 2.75) is 13.8 Å². The molecule has 0 heterocycles. The number of ether oxygens (including phenoxy) is 1. The molecule has 0 saturated carbocycles. The van der Waals surface area contributed by atoms with Gasteiger partial charge in [-0.25, -0.2) is 8.42 Å². The van der Waals surface area contributed by atoms with Crippen LogP contribution in [-0.2, 0) is 19.6 Å². The largest absolute Gasteiger partial charge is 0.480 e. The van der Waals surface area contributed by atoms with Crippen molar-refractivity contribution in [3.63, 3.8) is 0 Å². The second-order valence-corrected chi connectivity index (χ2v) is 5.81. The third kappa shape index (κ3) is 6.04. The van der Waals surface area contributed by atoms with Crippen molar-refractivity contribution >= 4 is 16.0 Å². The van der Waals surface area contributed by atoms with Crippen molar-refractivity contribution in [1.29, 1.82) is 0 Å². The summed E-state index contributed by atoms with van der Waals surface area (Å²) in [6.45, 7) is 3.97. The zero-order valence-corrected chi connectivity index (χ0v) is 10.7. The molecule has 0 spiro atoms. The van der Waals surface area contributed by atoms with Crippen LogP contribution in [0.25, 0.3) is 0 Å². The summed E-state index contributed by atoms with van der Waals surface area (Å²) in [5.74, 6) is -1.42. The molecule has 96 valence electrons.